The van der Waals surface area contributed by atoms with Crippen molar-refractivity contribution >= 4 is 20.2 Å². The van der Waals surface area contributed by atoms with Gasteiger partial charge in [-0.2, -0.15) is 16.8 Å². The number of rotatable bonds is 0. The van der Waals surface area contributed by atoms with Gasteiger partial charge >= 0.3 is 0 Å². The summed E-state index contributed by atoms with van der Waals surface area (Å²) in [5, 5.41) is 0. The van der Waals surface area contributed by atoms with Gasteiger partial charge < -0.3 is 0 Å². The smallest absolute Gasteiger partial charge is 0.261 e. The van der Waals surface area contributed by atoms with Crippen molar-refractivity contribution in [2.75, 3.05) is 12.5 Å². The first-order valence-electron chi connectivity index (χ1n) is 1.85. The monoisotopic (exact) mass is 282 g/mol. The molecule has 0 amide bonds. The van der Waals surface area contributed by atoms with E-state index < -0.39 is 20.2 Å². The average Bonchev–Trinajstić information content (AvgIpc) is 1.12. The van der Waals surface area contributed by atoms with Gasteiger partial charge in [0.05, 0.1) is 12.5 Å². The Morgan fingerprint density at radius 2 is 0.818 bits per heavy atom. The van der Waals surface area contributed by atoms with Crippen molar-refractivity contribution in [3.63, 3.8) is 0 Å². The summed E-state index contributed by atoms with van der Waals surface area (Å²) < 4.78 is 51.7. The van der Waals surface area contributed by atoms with Gasteiger partial charge in [0.1, 0.15) is 0 Å². The van der Waals surface area contributed by atoms with Crippen molar-refractivity contribution in [3.05, 3.63) is 0 Å². The molecule has 0 aliphatic rings. The fourth-order valence-corrected chi connectivity index (χ4v) is 0. The van der Waals surface area contributed by atoms with Crippen LogP contribution >= 0.6 is 0 Å². The molecule has 0 fully saturated rings. The van der Waals surface area contributed by atoms with E-state index in [1.807, 2.05) is 0 Å². The summed E-state index contributed by atoms with van der Waals surface area (Å²) in [7, 11) is -7.33. The van der Waals surface area contributed by atoms with Gasteiger partial charge in [-0.3, -0.25) is 9.11 Å². The molecule has 0 aliphatic carbocycles. The molecule has 0 heterocycles. The van der Waals surface area contributed by atoms with E-state index in [1.165, 1.54) is 0 Å². The molecule has 2 N–H and O–H groups in total. The van der Waals surface area contributed by atoms with E-state index >= 15 is 0 Å². The molecule has 0 aromatic heterocycles. The maximum absolute atomic E-state index is 9.19. The molecule has 0 saturated carbocycles. The number of hydrogen-bond donors (Lipinski definition) is 2. The quantitative estimate of drug-likeness (QED) is 0.552. The van der Waals surface area contributed by atoms with E-state index in [4.69, 9.17) is 9.11 Å². The van der Waals surface area contributed by atoms with Gasteiger partial charge in [0.2, 0.25) is 0 Å². The topological polar surface area (TPSA) is 109 Å². The van der Waals surface area contributed by atoms with E-state index in [1.54, 1.807) is 0 Å². The maximum atomic E-state index is 9.19. The first-order chi connectivity index (χ1) is 4.00. The van der Waals surface area contributed by atoms with Crippen LogP contribution in [0.2, 0.25) is 0 Å². The molecule has 0 aromatic carbocycles. The minimum atomic E-state index is -3.67. The van der Waals surface area contributed by atoms with E-state index in [0.29, 0.717) is 12.5 Å². The van der Waals surface area contributed by atoms with Crippen molar-refractivity contribution in [3.8, 4) is 0 Å². The molecule has 6 nitrogen and oxygen atoms in total. The van der Waals surface area contributed by atoms with Crippen molar-refractivity contribution in [2.45, 2.75) is 0 Å². The minimum Gasteiger partial charge on any atom is -0.286 e. The van der Waals surface area contributed by atoms with Crippen molar-refractivity contribution < 1.29 is 52.1 Å². The molecular formula is C2H8O6S2Zr. The Morgan fingerprint density at radius 1 is 0.818 bits per heavy atom. The molecule has 9 heteroatoms. The molecule has 11 heavy (non-hydrogen) atoms. The Labute approximate surface area is 84.6 Å². The normalized spacial score (nSPS) is 10.5. The van der Waals surface area contributed by atoms with Gasteiger partial charge in [-0.1, -0.05) is 0 Å². The largest absolute Gasteiger partial charge is 0.286 e. The third-order valence-corrected chi connectivity index (χ3v) is 0. The number of hydrogen-bond acceptors (Lipinski definition) is 4. The Hall–Kier alpha value is 0.703. The zero-order valence-corrected chi connectivity index (χ0v) is 9.93. The molecular weight excluding hydrogens is 275 g/mol. The molecule has 0 saturated heterocycles. The second kappa shape index (κ2) is 6.24. The summed E-state index contributed by atoms with van der Waals surface area (Å²) >= 11 is 0. The second-order valence-electron chi connectivity index (χ2n) is 1.47. The Morgan fingerprint density at radius 3 is 0.818 bits per heavy atom. The van der Waals surface area contributed by atoms with E-state index in [0.717, 1.165) is 0 Å². The molecule has 0 rings (SSSR count). The van der Waals surface area contributed by atoms with Crippen LogP contribution < -0.4 is 0 Å². The van der Waals surface area contributed by atoms with Gasteiger partial charge in [-0.15, -0.1) is 0 Å². The minimum absolute atomic E-state index is 0. The van der Waals surface area contributed by atoms with Crippen molar-refractivity contribution in [1.29, 1.82) is 0 Å². The molecule has 0 radical (unpaired) electrons. The Kier molecular flexibility index (Phi) is 10.0. The van der Waals surface area contributed by atoms with Crippen LogP contribution in [-0.2, 0) is 46.4 Å². The summed E-state index contributed by atoms with van der Waals surface area (Å²) in [4.78, 5) is 0. The van der Waals surface area contributed by atoms with Gasteiger partial charge in [-0.05, 0) is 0 Å². The van der Waals surface area contributed by atoms with Crippen LogP contribution in [0.4, 0.5) is 0 Å². The first kappa shape index (κ1) is 17.7. The maximum Gasteiger partial charge on any atom is 0.261 e. The molecule has 0 bridgehead atoms. The Balaban J connectivity index is -0.000000107. The van der Waals surface area contributed by atoms with E-state index in [-0.39, 0.29) is 26.2 Å². The van der Waals surface area contributed by atoms with Crippen LogP contribution in [0.15, 0.2) is 0 Å². The standard InChI is InChI=1S/2CH4O3S.Zr/c2*1-5(2,3)4;/h2*1H3,(H,2,3,4);. The van der Waals surface area contributed by atoms with Crippen LogP contribution in [0.1, 0.15) is 0 Å². The fraction of sp³-hybridized carbons (Fsp3) is 1.00. The Bertz CT molecular complexity index is 215. The second-order valence-corrected chi connectivity index (χ2v) is 4.40. The van der Waals surface area contributed by atoms with Crippen molar-refractivity contribution in [1.82, 2.24) is 0 Å². The van der Waals surface area contributed by atoms with Crippen LogP contribution in [0.3, 0.4) is 0 Å². The molecule has 68 valence electrons. The summed E-state index contributed by atoms with van der Waals surface area (Å²) in [5.74, 6) is 0. The third-order valence-electron chi connectivity index (χ3n) is 0. The summed E-state index contributed by atoms with van der Waals surface area (Å²) in [6.07, 6.45) is 1.43. The fourth-order valence-electron chi connectivity index (χ4n) is 0. The molecule has 0 atom stereocenters. The predicted octanol–water partition coefficient (Wildman–Crippen LogP) is -0.994. The van der Waals surface area contributed by atoms with Gasteiger partial charge in [0.15, 0.2) is 0 Å². The van der Waals surface area contributed by atoms with Crippen LogP contribution in [0.5, 0.6) is 0 Å². The zero-order valence-electron chi connectivity index (χ0n) is 5.84. The molecule has 0 unspecified atom stereocenters. The van der Waals surface area contributed by atoms with Gasteiger partial charge in [-0.25, -0.2) is 0 Å². The molecule has 0 aromatic rings. The van der Waals surface area contributed by atoms with Crippen molar-refractivity contribution in [2.24, 2.45) is 0 Å². The third kappa shape index (κ3) is 1640. The molecule has 0 aliphatic heterocycles. The van der Waals surface area contributed by atoms with Gasteiger partial charge in [0, 0.05) is 26.2 Å². The van der Waals surface area contributed by atoms with E-state index in [2.05, 4.69) is 0 Å². The van der Waals surface area contributed by atoms with Crippen LogP contribution in [0.25, 0.3) is 0 Å². The summed E-state index contributed by atoms with van der Waals surface area (Å²) in [6.45, 7) is 0. The van der Waals surface area contributed by atoms with E-state index in [9.17, 15) is 16.8 Å². The summed E-state index contributed by atoms with van der Waals surface area (Å²) in [6, 6.07) is 0. The zero-order chi connectivity index (χ0) is 9.00. The van der Waals surface area contributed by atoms with Gasteiger partial charge in [0.25, 0.3) is 20.2 Å². The SMILES string of the molecule is CS(=O)(=O)O.CS(=O)(=O)O.[Zr]. The molecule has 0 spiro atoms. The summed E-state index contributed by atoms with van der Waals surface area (Å²) in [5.41, 5.74) is 0. The predicted molar refractivity (Wildman–Crippen MR) is 34.9 cm³/mol. The average molecular weight is 283 g/mol. The van der Waals surface area contributed by atoms with Crippen LogP contribution in [-0.4, -0.2) is 38.5 Å². The van der Waals surface area contributed by atoms with Crippen LogP contribution in [0, 0.1) is 0 Å². The first-order valence-corrected chi connectivity index (χ1v) is 5.54.